The van der Waals surface area contributed by atoms with Crippen molar-refractivity contribution in [1.29, 1.82) is 0 Å². The lowest BCUT2D eigenvalue weighted by Gasteiger charge is -2.31. The SMILES string of the molecule is O=C(c1cnc(-c2ccccc2)[nH]1)N1CCC(S(=O)(=O)c2cccc(O)c2)CC1. The summed E-state index contributed by atoms with van der Waals surface area (Å²) in [7, 11) is -3.55. The molecular weight excluding hydrogens is 390 g/mol. The number of amides is 1. The van der Waals surface area contributed by atoms with Gasteiger partial charge in [-0.25, -0.2) is 13.4 Å². The number of H-pyrrole nitrogens is 1. The van der Waals surface area contributed by atoms with E-state index in [-0.39, 0.29) is 16.6 Å². The van der Waals surface area contributed by atoms with Crippen LogP contribution in [0.1, 0.15) is 23.3 Å². The topological polar surface area (TPSA) is 103 Å². The number of sulfone groups is 1. The third kappa shape index (κ3) is 3.88. The quantitative estimate of drug-likeness (QED) is 0.687. The molecule has 0 spiro atoms. The van der Waals surface area contributed by atoms with E-state index in [0.29, 0.717) is 37.4 Å². The fraction of sp³-hybridized carbons (Fsp3) is 0.238. The van der Waals surface area contributed by atoms with Crippen molar-refractivity contribution in [2.75, 3.05) is 13.1 Å². The summed E-state index contributed by atoms with van der Waals surface area (Å²) in [6.45, 7) is 0.697. The lowest BCUT2D eigenvalue weighted by Crippen LogP contribution is -2.42. The highest BCUT2D eigenvalue weighted by atomic mass is 32.2. The second kappa shape index (κ2) is 7.71. The minimum Gasteiger partial charge on any atom is -0.508 e. The van der Waals surface area contributed by atoms with Crippen LogP contribution >= 0.6 is 0 Å². The van der Waals surface area contributed by atoms with E-state index in [0.717, 1.165) is 5.56 Å². The van der Waals surface area contributed by atoms with Gasteiger partial charge in [-0.1, -0.05) is 36.4 Å². The molecule has 4 rings (SSSR count). The molecule has 1 saturated heterocycles. The lowest BCUT2D eigenvalue weighted by molar-refractivity contribution is 0.0720. The first-order valence-corrected chi connectivity index (χ1v) is 10.9. The summed E-state index contributed by atoms with van der Waals surface area (Å²) in [5.74, 6) is 0.357. The predicted molar refractivity (Wildman–Crippen MR) is 108 cm³/mol. The van der Waals surface area contributed by atoms with E-state index in [9.17, 15) is 18.3 Å². The van der Waals surface area contributed by atoms with E-state index < -0.39 is 15.1 Å². The van der Waals surface area contributed by atoms with Gasteiger partial charge in [0.25, 0.3) is 5.91 Å². The van der Waals surface area contributed by atoms with Crippen LogP contribution in [0.15, 0.2) is 65.7 Å². The Kier molecular flexibility index (Phi) is 5.10. The maximum atomic E-state index is 12.8. The molecule has 2 N–H and O–H groups in total. The zero-order valence-corrected chi connectivity index (χ0v) is 16.5. The van der Waals surface area contributed by atoms with Gasteiger partial charge in [0.15, 0.2) is 9.84 Å². The summed E-state index contributed by atoms with van der Waals surface area (Å²) >= 11 is 0. The number of rotatable bonds is 4. The minimum atomic E-state index is -3.55. The lowest BCUT2D eigenvalue weighted by atomic mass is 10.1. The first-order valence-electron chi connectivity index (χ1n) is 9.38. The Labute approximate surface area is 168 Å². The average Bonchev–Trinajstić information content (AvgIpc) is 3.24. The Balaban J connectivity index is 1.43. The molecule has 8 heteroatoms. The number of likely N-dealkylation sites (tertiary alicyclic amines) is 1. The molecule has 0 atom stereocenters. The van der Waals surface area contributed by atoms with Crippen LogP contribution in [0.5, 0.6) is 5.75 Å². The van der Waals surface area contributed by atoms with Gasteiger partial charge in [0.05, 0.1) is 16.3 Å². The normalized spacial score (nSPS) is 15.4. The van der Waals surface area contributed by atoms with Crippen molar-refractivity contribution < 1.29 is 18.3 Å². The van der Waals surface area contributed by atoms with Gasteiger partial charge < -0.3 is 15.0 Å². The second-order valence-electron chi connectivity index (χ2n) is 7.05. The van der Waals surface area contributed by atoms with E-state index in [1.54, 1.807) is 4.90 Å². The van der Waals surface area contributed by atoms with Gasteiger partial charge in [-0.3, -0.25) is 4.79 Å². The molecule has 29 heavy (non-hydrogen) atoms. The molecule has 1 amide bonds. The highest BCUT2D eigenvalue weighted by Gasteiger charge is 2.33. The van der Waals surface area contributed by atoms with Crippen molar-refractivity contribution in [3.63, 3.8) is 0 Å². The van der Waals surface area contributed by atoms with Gasteiger partial charge in [0.1, 0.15) is 17.3 Å². The molecule has 7 nitrogen and oxygen atoms in total. The zero-order valence-electron chi connectivity index (χ0n) is 15.7. The Hall–Kier alpha value is -3.13. The standard InChI is InChI=1S/C21H21N3O4S/c25-16-7-4-8-18(13-16)29(27,28)17-9-11-24(12-10-17)21(26)19-14-22-20(23-19)15-5-2-1-3-6-15/h1-8,13-14,17,25H,9-12H2,(H,22,23). The summed E-state index contributed by atoms with van der Waals surface area (Å²) in [5, 5.41) is 9.00. The summed E-state index contributed by atoms with van der Waals surface area (Å²) in [6.07, 6.45) is 2.22. The Morgan fingerprint density at radius 3 is 2.48 bits per heavy atom. The third-order valence-corrected chi connectivity index (χ3v) is 7.43. The van der Waals surface area contributed by atoms with Crippen LogP contribution in [-0.4, -0.2) is 52.6 Å². The third-order valence-electron chi connectivity index (χ3n) is 5.17. The molecule has 3 aromatic rings. The fourth-order valence-corrected chi connectivity index (χ4v) is 5.33. The molecule has 2 heterocycles. The molecule has 0 saturated carbocycles. The van der Waals surface area contributed by atoms with Crippen LogP contribution < -0.4 is 0 Å². The van der Waals surface area contributed by atoms with Crippen molar-refractivity contribution >= 4 is 15.7 Å². The van der Waals surface area contributed by atoms with Crippen molar-refractivity contribution in [2.45, 2.75) is 23.0 Å². The molecule has 0 aliphatic carbocycles. The monoisotopic (exact) mass is 411 g/mol. The van der Waals surface area contributed by atoms with Gasteiger partial charge in [-0.15, -0.1) is 0 Å². The van der Waals surface area contributed by atoms with E-state index in [4.69, 9.17) is 0 Å². The Morgan fingerprint density at radius 2 is 1.79 bits per heavy atom. The maximum absolute atomic E-state index is 12.8. The molecule has 2 aromatic carbocycles. The molecule has 150 valence electrons. The molecule has 0 radical (unpaired) electrons. The first-order chi connectivity index (χ1) is 13.9. The van der Waals surface area contributed by atoms with Gasteiger partial charge in [0.2, 0.25) is 0 Å². The number of aromatic amines is 1. The van der Waals surface area contributed by atoms with Gasteiger partial charge in [-0.05, 0) is 31.0 Å². The largest absolute Gasteiger partial charge is 0.508 e. The smallest absolute Gasteiger partial charge is 0.271 e. The van der Waals surface area contributed by atoms with Crippen molar-refractivity contribution in [3.8, 4) is 17.1 Å². The van der Waals surface area contributed by atoms with E-state index >= 15 is 0 Å². The summed E-state index contributed by atoms with van der Waals surface area (Å²) < 4.78 is 25.6. The van der Waals surface area contributed by atoms with Crippen molar-refractivity contribution in [3.05, 3.63) is 66.5 Å². The van der Waals surface area contributed by atoms with Crippen LogP contribution in [0, 0.1) is 0 Å². The average molecular weight is 411 g/mol. The fourth-order valence-electron chi connectivity index (χ4n) is 3.57. The van der Waals surface area contributed by atoms with Crippen molar-refractivity contribution in [1.82, 2.24) is 14.9 Å². The number of imidazole rings is 1. The van der Waals surface area contributed by atoms with Crippen LogP contribution in [0.4, 0.5) is 0 Å². The van der Waals surface area contributed by atoms with E-state index in [1.165, 1.54) is 30.5 Å². The Morgan fingerprint density at radius 1 is 1.07 bits per heavy atom. The van der Waals surface area contributed by atoms with Gasteiger partial charge in [-0.2, -0.15) is 0 Å². The maximum Gasteiger partial charge on any atom is 0.271 e. The molecule has 0 unspecified atom stereocenters. The first kappa shape index (κ1) is 19.2. The molecule has 1 fully saturated rings. The molecular formula is C21H21N3O4S. The van der Waals surface area contributed by atoms with Gasteiger partial charge >= 0.3 is 0 Å². The number of hydrogen-bond donors (Lipinski definition) is 2. The van der Waals surface area contributed by atoms with Crippen LogP contribution in [0.25, 0.3) is 11.4 Å². The number of aromatic hydroxyl groups is 1. The van der Waals surface area contributed by atoms with E-state index in [1.807, 2.05) is 30.3 Å². The van der Waals surface area contributed by atoms with Crippen LogP contribution in [0.3, 0.4) is 0 Å². The highest BCUT2D eigenvalue weighted by molar-refractivity contribution is 7.92. The minimum absolute atomic E-state index is 0.0767. The van der Waals surface area contributed by atoms with Gasteiger partial charge in [0, 0.05) is 18.7 Å². The van der Waals surface area contributed by atoms with Crippen molar-refractivity contribution in [2.24, 2.45) is 0 Å². The number of nitrogens with zero attached hydrogens (tertiary/aromatic N) is 2. The number of piperidine rings is 1. The number of phenolic OH excluding ortho intramolecular Hbond substituents is 1. The number of phenols is 1. The number of carbonyl (C=O) groups is 1. The molecule has 1 aliphatic rings. The number of nitrogens with one attached hydrogen (secondary N) is 1. The number of aromatic nitrogens is 2. The molecule has 0 bridgehead atoms. The summed E-state index contributed by atoms with van der Waals surface area (Å²) in [5.41, 5.74) is 1.28. The Bertz CT molecular complexity index is 1120. The van der Waals surface area contributed by atoms with E-state index in [2.05, 4.69) is 9.97 Å². The summed E-state index contributed by atoms with van der Waals surface area (Å²) in [6, 6.07) is 15.2. The second-order valence-corrected chi connectivity index (χ2v) is 9.27. The van der Waals surface area contributed by atoms with Crippen LogP contribution in [-0.2, 0) is 9.84 Å². The zero-order chi connectivity index (χ0) is 20.4. The predicted octanol–water partition coefficient (Wildman–Crippen LogP) is 2.86. The molecule has 1 aromatic heterocycles. The number of carbonyl (C=O) groups excluding carboxylic acids is 1. The highest BCUT2D eigenvalue weighted by Crippen LogP contribution is 2.27. The summed E-state index contributed by atoms with van der Waals surface area (Å²) in [4.78, 5) is 21.9. The van der Waals surface area contributed by atoms with Crippen LogP contribution in [0.2, 0.25) is 0 Å². The number of benzene rings is 2. The number of hydrogen-bond acceptors (Lipinski definition) is 5. The molecule has 1 aliphatic heterocycles.